The van der Waals surface area contributed by atoms with Crippen LogP contribution in [0.25, 0.3) is 0 Å². The molecule has 0 fully saturated rings. The summed E-state index contributed by atoms with van der Waals surface area (Å²) in [5, 5.41) is 8.57. The molecule has 1 aromatic rings. The topological polar surface area (TPSA) is 46.5 Å². The van der Waals surface area contributed by atoms with E-state index in [1.807, 2.05) is 6.07 Å². The van der Waals surface area contributed by atoms with E-state index in [2.05, 4.69) is 0 Å². The zero-order chi connectivity index (χ0) is 10.0. The van der Waals surface area contributed by atoms with Crippen LogP contribution in [0.1, 0.15) is 6.92 Å². The number of hydrogen-bond donors (Lipinski definition) is 1. The molecule has 2 heterocycles. The van der Waals surface area contributed by atoms with Gasteiger partial charge in [0.05, 0.1) is 10.0 Å². The van der Waals surface area contributed by atoms with E-state index in [0.717, 1.165) is 18.4 Å². The van der Waals surface area contributed by atoms with Gasteiger partial charge in [0.15, 0.2) is 0 Å². The van der Waals surface area contributed by atoms with Gasteiger partial charge in [-0.25, -0.2) is 0 Å². The number of halogens is 2. The Kier molecular flexibility index (Phi) is 3.01. The molecule has 2 bridgehead atoms. The summed E-state index contributed by atoms with van der Waals surface area (Å²) in [4.78, 5) is 9.00. The van der Waals surface area contributed by atoms with Crippen LogP contribution in [0.4, 0.5) is 0 Å². The SMILES string of the molecule is CC(=O)O.Clc1cc(Cl)c2cc1O2. The number of carboxylic acid groups (broad SMARTS) is 1. The molecular weight excluding hydrogens is 215 g/mol. The molecule has 1 aromatic carbocycles. The van der Waals surface area contributed by atoms with E-state index in [1.165, 1.54) is 0 Å². The smallest absolute Gasteiger partial charge is 0.300 e. The van der Waals surface area contributed by atoms with Crippen molar-refractivity contribution in [2.75, 3.05) is 0 Å². The lowest BCUT2D eigenvalue weighted by Gasteiger charge is -2.18. The van der Waals surface area contributed by atoms with Crippen LogP contribution in [-0.4, -0.2) is 11.1 Å². The Morgan fingerprint density at radius 3 is 1.77 bits per heavy atom. The van der Waals surface area contributed by atoms with Gasteiger partial charge in [0.25, 0.3) is 5.97 Å². The van der Waals surface area contributed by atoms with Crippen LogP contribution in [0.2, 0.25) is 10.0 Å². The molecule has 0 saturated carbocycles. The van der Waals surface area contributed by atoms with E-state index in [9.17, 15) is 0 Å². The zero-order valence-corrected chi connectivity index (χ0v) is 8.19. The average Bonchev–Trinajstić information content (AvgIpc) is 1.78. The normalized spacial score (nSPS) is 10.4. The number of hydrogen-bond acceptors (Lipinski definition) is 2. The second-order valence-corrected chi connectivity index (χ2v) is 3.15. The van der Waals surface area contributed by atoms with E-state index in [1.54, 1.807) is 6.07 Å². The van der Waals surface area contributed by atoms with Crippen LogP contribution in [0.3, 0.4) is 0 Å². The fourth-order valence-electron chi connectivity index (χ4n) is 0.727. The Morgan fingerprint density at radius 1 is 1.31 bits per heavy atom. The molecule has 2 aliphatic heterocycles. The summed E-state index contributed by atoms with van der Waals surface area (Å²) < 4.78 is 5.01. The third-order valence-electron chi connectivity index (χ3n) is 1.21. The van der Waals surface area contributed by atoms with Crippen molar-refractivity contribution in [1.29, 1.82) is 0 Å². The molecule has 0 spiro atoms. The molecule has 0 saturated heterocycles. The molecule has 0 amide bonds. The fraction of sp³-hybridized carbons (Fsp3) is 0.125. The lowest BCUT2D eigenvalue weighted by molar-refractivity contribution is -0.134. The van der Waals surface area contributed by atoms with Crippen LogP contribution < -0.4 is 4.74 Å². The zero-order valence-electron chi connectivity index (χ0n) is 6.67. The third-order valence-corrected chi connectivity index (χ3v) is 1.80. The van der Waals surface area contributed by atoms with Crippen molar-refractivity contribution >= 4 is 29.2 Å². The number of carbonyl (C=O) groups is 1. The molecule has 3 rings (SSSR count). The number of ether oxygens (including phenoxy) is 1. The van der Waals surface area contributed by atoms with E-state index in [4.69, 9.17) is 37.8 Å². The van der Waals surface area contributed by atoms with E-state index >= 15 is 0 Å². The summed E-state index contributed by atoms with van der Waals surface area (Å²) in [5.41, 5.74) is 0. The van der Waals surface area contributed by atoms with E-state index in [-0.39, 0.29) is 0 Å². The molecule has 0 radical (unpaired) electrons. The van der Waals surface area contributed by atoms with Gasteiger partial charge in [-0.05, 0) is 6.07 Å². The monoisotopic (exact) mass is 220 g/mol. The largest absolute Gasteiger partial charge is 0.481 e. The average molecular weight is 221 g/mol. The molecule has 0 unspecified atom stereocenters. The Balaban J connectivity index is 0.000000184. The number of fused-ring (bicyclic) bond motifs is 2. The predicted molar refractivity (Wildman–Crippen MR) is 49.8 cm³/mol. The molecule has 2 aliphatic rings. The number of aliphatic carboxylic acids is 1. The summed E-state index contributed by atoms with van der Waals surface area (Å²) in [5.74, 6) is 0.604. The minimum atomic E-state index is -0.833. The highest BCUT2D eigenvalue weighted by molar-refractivity contribution is 6.37. The van der Waals surface area contributed by atoms with Crippen LogP contribution in [0, 0.1) is 0 Å². The van der Waals surface area contributed by atoms with Crippen LogP contribution in [0.5, 0.6) is 11.5 Å². The quantitative estimate of drug-likeness (QED) is 0.742. The Bertz CT molecular complexity index is 322. The van der Waals surface area contributed by atoms with Crippen molar-refractivity contribution in [2.45, 2.75) is 6.92 Å². The number of carboxylic acids is 1. The third kappa shape index (κ3) is 2.50. The molecule has 13 heavy (non-hydrogen) atoms. The molecule has 0 aromatic heterocycles. The first-order valence-corrected chi connectivity index (χ1v) is 4.12. The minimum absolute atomic E-state index is 0.579. The van der Waals surface area contributed by atoms with Gasteiger partial charge in [0.2, 0.25) is 0 Å². The standard InChI is InChI=1S/C6H2Cl2O.C2H4O2/c7-3-1-4(8)6-2-5(3)9-6;1-2(3)4/h1-2H;1H3,(H,3,4). The molecule has 5 heteroatoms. The Morgan fingerprint density at radius 2 is 1.62 bits per heavy atom. The van der Waals surface area contributed by atoms with Gasteiger partial charge in [-0.15, -0.1) is 0 Å². The highest BCUT2D eigenvalue weighted by Crippen LogP contribution is 2.46. The van der Waals surface area contributed by atoms with Gasteiger partial charge in [-0.2, -0.15) is 0 Å². The van der Waals surface area contributed by atoms with Crippen molar-refractivity contribution in [2.24, 2.45) is 0 Å². The van der Waals surface area contributed by atoms with Crippen molar-refractivity contribution in [3.63, 3.8) is 0 Å². The summed E-state index contributed by atoms with van der Waals surface area (Å²) in [6.45, 7) is 1.08. The van der Waals surface area contributed by atoms with Crippen molar-refractivity contribution in [1.82, 2.24) is 0 Å². The van der Waals surface area contributed by atoms with Crippen LogP contribution in [0.15, 0.2) is 12.1 Å². The first-order chi connectivity index (χ1) is 6.00. The van der Waals surface area contributed by atoms with Gasteiger partial charge < -0.3 is 9.84 Å². The van der Waals surface area contributed by atoms with Gasteiger partial charge in [0.1, 0.15) is 11.5 Å². The summed E-state index contributed by atoms with van der Waals surface area (Å²) >= 11 is 11.3. The second-order valence-electron chi connectivity index (χ2n) is 2.33. The molecule has 70 valence electrons. The fourth-order valence-corrected chi connectivity index (χ4v) is 1.19. The first-order valence-electron chi connectivity index (χ1n) is 3.37. The molecule has 0 atom stereocenters. The van der Waals surface area contributed by atoms with Crippen molar-refractivity contribution < 1.29 is 14.6 Å². The van der Waals surface area contributed by atoms with Gasteiger partial charge in [-0.1, -0.05) is 23.2 Å². The highest BCUT2D eigenvalue weighted by Gasteiger charge is 2.18. The van der Waals surface area contributed by atoms with Crippen molar-refractivity contribution in [3.05, 3.63) is 22.2 Å². The van der Waals surface area contributed by atoms with Crippen molar-refractivity contribution in [3.8, 4) is 11.5 Å². The van der Waals surface area contributed by atoms with Crippen LogP contribution >= 0.6 is 23.2 Å². The lowest BCUT2D eigenvalue weighted by Crippen LogP contribution is -1.95. The number of benzene rings is 1. The van der Waals surface area contributed by atoms with E-state index in [0.29, 0.717) is 10.0 Å². The first kappa shape index (κ1) is 10.2. The molecular formula is C8H6Cl2O3. The van der Waals surface area contributed by atoms with E-state index < -0.39 is 5.97 Å². The van der Waals surface area contributed by atoms with Gasteiger partial charge in [-0.3, -0.25) is 4.79 Å². The summed E-state index contributed by atoms with van der Waals surface area (Å²) in [6, 6.07) is 3.49. The molecule has 0 aliphatic carbocycles. The Hall–Kier alpha value is -0.930. The molecule has 1 N–H and O–H groups in total. The maximum Gasteiger partial charge on any atom is 0.300 e. The molecule has 3 nitrogen and oxygen atoms in total. The maximum atomic E-state index is 9.00. The lowest BCUT2D eigenvalue weighted by atomic mass is 10.2. The predicted octanol–water partition coefficient (Wildman–Crippen LogP) is 3.19. The van der Waals surface area contributed by atoms with Gasteiger partial charge >= 0.3 is 0 Å². The maximum absolute atomic E-state index is 9.00. The van der Waals surface area contributed by atoms with Crippen LogP contribution in [-0.2, 0) is 4.79 Å². The highest BCUT2D eigenvalue weighted by atomic mass is 35.5. The Labute approximate surface area is 84.8 Å². The summed E-state index contributed by atoms with van der Waals surface area (Å²) in [7, 11) is 0. The summed E-state index contributed by atoms with van der Waals surface area (Å²) in [6.07, 6.45) is 0. The number of rotatable bonds is 0. The second kappa shape index (κ2) is 3.85. The van der Waals surface area contributed by atoms with Gasteiger partial charge in [0, 0.05) is 13.0 Å². The minimum Gasteiger partial charge on any atom is -0.481 e.